The van der Waals surface area contributed by atoms with E-state index in [0.29, 0.717) is 19.6 Å². The summed E-state index contributed by atoms with van der Waals surface area (Å²) in [6.07, 6.45) is 0.463. The van der Waals surface area contributed by atoms with E-state index in [-0.39, 0.29) is 22.8 Å². The van der Waals surface area contributed by atoms with Crippen LogP contribution in [-0.4, -0.2) is 81.6 Å². The van der Waals surface area contributed by atoms with E-state index in [9.17, 15) is 18.0 Å². The first-order valence-electron chi connectivity index (χ1n) is 9.57. The molecule has 9 nitrogen and oxygen atoms in total. The molecule has 0 radical (unpaired) electrons. The molecular formula is C18H30N4O5S2. The van der Waals surface area contributed by atoms with Crippen LogP contribution < -0.4 is 10.0 Å². The minimum atomic E-state index is -3.63. The van der Waals surface area contributed by atoms with Gasteiger partial charge in [0.2, 0.25) is 5.91 Å². The standard InChI is InChI=1S/C18H30N4O5S2/c1-18(2,3)27-17(24)22-11-9-21(10-12-22)8-5-7-19-15(23)14-20-29(25,26)16-6-4-13-28-16/h4,6,13,20H,5,7-12,14H2,1-3H3,(H,19,23). The Labute approximate surface area is 176 Å². The zero-order valence-electron chi connectivity index (χ0n) is 17.1. The van der Waals surface area contributed by atoms with Crippen molar-refractivity contribution < 1.29 is 22.7 Å². The van der Waals surface area contributed by atoms with Crippen molar-refractivity contribution in [3.05, 3.63) is 17.5 Å². The zero-order chi connectivity index (χ0) is 21.5. The van der Waals surface area contributed by atoms with Crippen LogP contribution in [0.4, 0.5) is 4.79 Å². The second-order valence-electron chi connectivity index (χ2n) is 7.77. The zero-order valence-corrected chi connectivity index (χ0v) is 18.8. The molecule has 1 aromatic rings. The Morgan fingerprint density at radius 2 is 1.90 bits per heavy atom. The van der Waals surface area contributed by atoms with Gasteiger partial charge in [-0.3, -0.25) is 9.69 Å². The van der Waals surface area contributed by atoms with E-state index in [1.807, 2.05) is 20.8 Å². The van der Waals surface area contributed by atoms with Crippen molar-refractivity contribution in [3.63, 3.8) is 0 Å². The van der Waals surface area contributed by atoms with Crippen LogP contribution in [0.1, 0.15) is 27.2 Å². The van der Waals surface area contributed by atoms with E-state index in [0.717, 1.165) is 37.4 Å². The van der Waals surface area contributed by atoms with Gasteiger partial charge < -0.3 is 15.0 Å². The second-order valence-corrected chi connectivity index (χ2v) is 10.7. The Bertz CT molecular complexity index is 767. The van der Waals surface area contributed by atoms with Gasteiger partial charge in [-0.05, 0) is 45.2 Å². The largest absolute Gasteiger partial charge is 0.444 e. The molecule has 0 bridgehead atoms. The van der Waals surface area contributed by atoms with Gasteiger partial charge in [-0.1, -0.05) is 6.07 Å². The lowest BCUT2D eigenvalue weighted by molar-refractivity contribution is -0.120. The fraction of sp³-hybridized carbons (Fsp3) is 0.667. The highest BCUT2D eigenvalue weighted by Crippen LogP contribution is 2.15. The minimum absolute atomic E-state index is 0.191. The topological polar surface area (TPSA) is 108 Å². The maximum atomic E-state index is 12.1. The molecule has 0 spiro atoms. The summed E-state index contributed by atoms with van der Waals surface area (Å²) < 4.78 is 31.8. The van der Waals surface area contributed by atoms with Gasteiger partial charge in [-0.2, -0.15) is 0 Å². The van der Waals surface area contributed by atoms with Crippen LogP contribution in [0.3, 0.4) is 0 Å². The smallest absolute Gasteiger partial charge is 0.410 e. The van der Waals surface area contributed by atoms with Crippen molar-refractivity contribution in [2.24, 2.45) is 0 Å². The van der Waals surface area contributed by atoms with E-state index >= 15 is 0 Å². The monoisotopic (exact) mass is 446 g/mol. The molecule has 1 aliphatic rings. The molecule has 0 saturated carbocycles. The Morgan fingerprint density at radius 3 is 2.48 bits per heavy atom. The Hall–Kier alpha value is -1.69. The molecule has 2 rings (SSSR count). The van der Waals surface area contributed by atoms with E-state index in [1.165, 1.54) is 6.07 Å². The van der Waals surface area contributed by atoms with Crippen molar-refractivity contribution in [1.29, 1.82) is 0 Å². The number of nitrogens with one attached hydrogen (secondary N) is 2. The summed E-state index contributed by atoms with van der Waals surface area (Å²) in [6, 6.07) is 3.14. The third kappa shape index (κ3) is 8.29. The van der Waals surface area contributed by atoms with E-state index < -0.39 is 15.6 Å². The average Bonchev–Trinajstić information content (AvgIpc) is 3.18. The third-order valence-electron chi connectivity index (χ3n) is 4.18. The number of sulfonamides is 1. The van der Waals surface area contributed by atoms with Gasteiger partial charge in [0.15, 0.2) is 0 Å². The molecule has 2 N–H and O–H groups in total. The molecule has 2 amide bonds. The molecule has 11 heteroatoms. The van der Waals surface area contributed by atoms with Gasteiger partial charge in [-0.15, -0.1) is 11.3 Å². The summed E-state index contributed by atoms with van der Waals surface area (Å²) in [4.78, 5) is 27.8. The highest BCUT2D eigenvalue weighted by molar-refractivity contribution is 7.91. The van der Waals surface area contributed by atoms with Crippen LogP contribution in [0.5, 0.6) is 0 Å². The van der Waals surface area contributed by atoms with Crippen molar-refractivity contribution in [2.75, 3.05) is 45.8 Å². The number of carbonyl (C=O) groups excluding carboxylic acids is 2. The highest BCUT2D eigenvalue weighted by atomic mass is 32.2. The fourth-order valence-electron chi connectivity index (χ4n) is 2.72. The number of carbonyl (C=O) groups is 2. The number of hydrogen-bond donors (Lipinski definition) is 2. The maximum Gasteiger partial charge on any atom is 0.410 e. The highest BCUT2D eigenvalue weighted by Gasteiger charge is 2.25. The van der Waals surface area contributed by atoms with Gasteiger partial charge in [0, 0.05) is 32.7 Å². The summed E-state index contributed by atoms with van der Waals surface area (Å²) in [7, 11) is -3.63. The lowest BCUT2D eigenvalue weighted by Gasteiger charge is -2.35. The number of piperazine rings is 1. The average molecular weight is 447 g/mol. The van der Waals surface area contributed by atoms with E-state index in [1.54, 1.807) is 16.3 Å². The number of ether oxygens (including phenoxy) is 1. The van der Waals surface area contributed by atoms with Crippen LogP contribution >= 0.6 is 11.3 Å². The number of thiophene rings is 1. The first kappa shape index (κ1) is 23.6. The summed E-state index contributed by atoms with van der Waals surface area (Å²) in [5.41, 5.74) is -0.496. The number of rotatable bonds is 8. The normalized spacial score (nSPS) is 15.9. The Kier molecular flexibility index (Phi) is 8.44. The van der Waals surface area contributed by atoms with Crippen molar-refractivity contribution in [1.82, 2.24) is 19.8 Å². The maximum absolute atomic E-state index is 12.1. The van der Waals surface area contributed by atoms with Gasteiger partial charge in [0.05, 0.1) is 6.54 Å². The lowest BCUT2D eigenvalue weighted by Crippen LogP contribution is -2.50. The van der Waals surface area contributed by atoms with Crippen molar-refractivity contribution >= 4 is 33.4 Å². The minimum Gasteiger partial charge on any atom is -0.444 e. The van der Waals surface area contributed by atoms with Gasteiger partial charge in [-0.25, -0.2) is 17.9 Å². The summed E-state index contributed by atoms with van der Waals surface area (Å²) >= 11 is 1.10. The van der Waals surface area contributed by atoms with Crippen molar-refractivity contribution in [3.8, 4) is 0 Å². The predicted octanol–water partition coefficient (Wildman–Crippen LogP) is 1.09. The van der Waals surface area contributed by atoms with E-state index in [2.05, 4.69) is 14.9 Å². The first-order valence-corrected chi connectivity index (χ1v) is 11.9. The molecule has 0 unspecified atom stereocenters. The van der Waals surface area contributed by atoms with E-state index in [4.69, 9.17) is 4.74 Å². The van der Waals surface area contributed by atoms with Gasteiger partial charge >= 0.3 is 6.09 Å². The molecule has 0 aliphatic carbocycles. The lowest BCUT2D eigenvalue weighted by atomic mass is 10.2. The third-order valence-corrected chi connectivity index (χ3v) is 6.98. The first-order chi connectivity index (χ1) is 13.6. The van der Waals surface area contributed by atoms with Crippen LogP contribution in [0, 0.1) is 0 Å². The molecular weight excluding hydrogens is 416 g/mol. The summed E-state index contributed by atoms with van der Waals surface area (Å²) in [6.45, 7) is 9.27. The van der Waals surface area contributed by atoms with Crippen molar-refractivity contribution in [2.45, 2.75) is 37.0 Å². The van der Waals surface area contributed by atoms with Crippen LogP contribution in [0.2, 0.25) is 0 Å². The molecule has 0 atom stereocenters. The molecule has 29 heavy (non-hydrogen) atoms. The molecule has 0 aromatic carbocycles. The van der Waals surface area contributed by atoms with Gasteiger partial charge in [0.25, 0.3) is 10.0 Å². The van der Waals surface area contributed by atoms with Crippen LogP contribution in [0.25, 0.3) is 0 Å². The summed E-state index contributed by atoms with van der Waals surface area (Å²) in [5.74, 6) is -0.361. The Morgan fingerprint density at radius 1 is 1.21 bits per heavy atom. The van der Waals surface area contributed by atoms with Crippen LogP contribution in [0.15, 0.2) is 21.7 Å². The second kappa shape index (κ2) is 10.4. The fourth-order valence-corrected chi connectivity index (χ4v) is 4.74. The molecule has 1 fully saturated rings. The molecule has 1 aromatic heterocycles. The molecule has 1 saturated heterocycles. The van der Waals surface area contributed by atoms with Crippen LogP contribution in [-0.2, 0) is 19.6 Å². The van der Waals surface area contributed by atoms with Gasteiger partial charge in [0.1, 0.15) is 9.81 Å². The number of nitrogens with zero attached hydrogens (tertiary/aromatic N) is 2. The Balaban J connectivity index is 1.58. The molecule has 2 heterocycles. The predicted molar refractivity (Wildman–Crippen MR) is 111 cm³/mol. The number of amides is 2. The quantitative estimate of drug-likeness (QED) is 0.579. The number of hydrogen-bond acceptors (Lipinski definition) is 7. The summed E-state index contributed by atoms with van der Waals surface area (Å²) in [5, 5.41) is 4.39. The molecule has 1 aliphatic heterocycles. The molecule has 164 valence electrons. The SMILES string of the molecule is CC(C)(C)OC(=O)N1CCN(CCCNC(=O)CNS(=O)(=O)c2cccs2)CC1.